The van der Waals surface area contributed by atoms with E-state index in [0.29, 0.717) is 11.5 Å². The van der Waals surface area contributed by atoms with Crippen molar-refractivity contribution in [3.63, 3.8) is 0 Å². The first-order chi connectivity index (χ1) is 10.1. The summed E-state index contributed by atoms with van der Waals surface area (Å²) in [5.41, 5.74) is 3.01. The summed E-state index contributed by atoms with van der Waals surface area (Å²) in [6.45, 7) is 11.1. The SMILES string of the molecule is CCNC(Cc1nn(CC)c2ccccc12)C1CC1(C)C. The third-order valence-electron chi connectivity index (χ3n) is 4.99. The van der Waals surface area contributed by atoms with Crippen molar-refractivity contribution in [1.29, 1.82) is 0 Å². The third kappa shape index (κ3) is 2.71. The molecular formula is C18H27N3. The molecule has 3 nitrogen and oxygen atoms in total. The van der Waals surface area contributed by atoms with Crippen molar-refractivity contribution in [1.82, 2.24) is 15.1 Å². The number of para-hydroxylation sites is 1. The van der Waals surface area contributed by atoms with Crippen LogP contribution in [0.15, 0.2) is 24.3 Å². The van der Waals surface area contributed by atoms with Crippen LogP contribution in [0.2, 0.25) is 0 Å². The van der Waals surface area contributed by atoms with Gasteiger partial charge in [-0.15, -0.1) is 0 Å². The molecule has 0 aliphatic heterocycles. The zero-order valence-electron chi connectivity index (χ0n) is 13.7. The van der Waals surface area contributed by atoms with Crippen molar-refractivity contribution < 1.29 is 0 Å². The van der Waals surface area contributed by atoms with Crippen LogP contribution in [0.3, 0.4) is 0 Å². The minimum absolute atomic E-state index is 0.496. The van der Waals surface area contributed by atoms with Gasteiger partial charge in [0.1, 0.15) is 0 Å². The number of fused-ring (bicyclic) bond motifs is 1. The lowest BCUT2D eigenvalue weighted by molar-refractivity contribution is 0.406. The lowest BCUT2D eigenvalue weighted by atomic mass is 9.98. The Balaban J connectivity index is 1.89. The van der Waals surface area contributed by atoms with E-state index in [2.05, 4.69) is 62.0 Å². The van der Waals surface area contributed by atoms with E-state index in [0.717, 1.165) is 25.4 Å². The van der Waals surface area contributed by atoms with E-state index < -0.39 is 0 Å². The molecule has 1 saturated carbocycles. The van der Waals surface area contributed by atoms with Crippen LogP contribution in [0, 0.1) is 11.3 Å². The summed E-state index contributed by atoms with van der Waals surface area (Å²) in [5.74, 6) is 0.781. The summed E-state index contributed by atoms with van der Waals surface area (Å²) in [6, 6.07) is 9.17. The first-order valence-corrected chi connectivity index (χ1v) is 8.24. The van der Waals surface area contributed by atoms with Crippen LogP contribution in [0.5, 0.6) is 0 Å². The molecular weight excluding hydrogens is 258 g/mol. The van der Waals surface area contributed by atoms with Crippen LogP contribution in [-0.4, -0.2) is 22.4 Å². The summed E-state index contributed by atoms with van der Waals surface area (Å²) in [7, 11) is 0. The molecule has 1 N–H and O–H groups in total. The second kappa shape index (κ2) is 5.45. The molecule has 0 bridgehead atoms. The van der Waals surface area contributed by atoms with Gasteiger partial charge in [0.2, 0.25) is 0 Å². The Morgan fingerprint density at radius 2 is 2.05 bits per heavy atom. The molecule has 0 saturated heterocycles. The standard InChI is InChI=1S/C18H27N3/c1-5-19-16(14-12-18(14,3)4)11-15-13-9-7-8-10-17(13)21(6-2)20-15/h7-10,14,16,19H,5-6,11-12H2,1-4H3. The highest BCUT2D eigenvalue weighted by Crippen LogP contribution is 2.54. The van der Waals surface area contributed by atoms with Gasteiger partial charge in [0.05, 0.1) is 11.2 Å². The van der Waals surface area contributed by atoms with Crippen molar-refractivity contribution in [2.45, 2.75) is 53.1 Å². The van der Waals surface area contributed by atoms with Gasteiger partial charge in [0, 0.05) is 24.4 Å². The Kier molecular flexibility index (Phi) is 3.78. The number of nitrogens with one attached hydrogen (secondary N) is 1. The molecule has 2 aromatic rings. The Morgan fingerprint density at radius 3 is 2.67 bits per heavy atom. The average Bonchev–Trinajstić information content (AvgIpc) is 2.96. The van der Waals surface area contributed by atoms with Gasteiger partial charge < -0.3 is 5.32 Å². The molecule has 2 atom stereocenters. The van der Waals surface area contributed by atoms with Crippen molar-refractivity contribution in [2.75, 3.05) is 6.54 Å². The van der Waals surface area contributed by atoms with Gasteiger partial charge in [-0.3, -0.25) is 4.68 Å². The van der Waals surface area contributed by atoms with Gasteiger partial charge in [0.25, 0.3) is 0 Å². The number of rotatable bonds is 6. The van der Waals surface area contributed by atoms with Crippen molar-refractivity contribution in [3.05, 3.63) is 30.0 Å². The third-order valence-corrected chi connectivity index (χ3v) is 4.99. The maximum atomic E-state index is 4.86. The predicted octanol–water partition coefficient (Wildman–Crippen LogP) is 3.62. The molecule has 114 valence electrons. The van der Waals surface area contributed by atoms with Gasteiger partial charge in [0.15, 0.2) is 0 Å². The van der Waals surface area contributed by atoms with Crippen LogP contribution in [0.1, 0.15) is 39.8 Å². The molecule has 0 amide bonds. The van der Waals surface area contributed by atoms with E-state index in [1.807, 2.05) is 0 Å². The highest BCUT2D eigenvalue weighted by Gasteiger charge is 2.49. The quantitative estimate of drug-likeness (QED) is 0.878. The minimum atomic E-state index is 0.496. The highest BCUT2D eigenvalue weighted by atomic mass is 15.3. The van der Waals surface area contributed by atoms with Crippen LogP contribution >= 0.6 is 0 Å². The molecule has 1 aliphatic rings. The molecule has 0 spiro atoms. The summed E-state index contributed by atoms with van der Waals surface area (Å²) in [4.78, 5) is 0. The van der Waals surface area contributed by atoms with Gasteiger partial charge >= 0.3 is 0 Å². The Bertz CT molecular complexity index is 626. The lowest BCUT2D eigenvalue weighted by Crippen LogP contribution is -2.34. The fourth-order valence-electron chi connectivity index (χ4n) is 3.61. The van der Waals surface area contributed by atoms with Crippen LogP contribution in [0.4, 0.5) is 0 Å². The van der Waals surface area contributed by atoms with E-state index in [4.69, 9.17) is 5.10 Å². The zero-order valence-corrected chi connectivity index (χ0v) is 13.7. The molecule has 1 aliphatic carbocycles. The molecule has 1 aromatic carbocycles. The van der Waals surface area contributed by atoms with Gasteiger partial charge in [-0.2, -0.15) is 5.10 Å². The largest absolute Gasteiger partial charge is 0.314 e. The predicted molar refractivity (Wildman–Crippen MR) is 88.5 cm³/mol. The average molecular weight is 285 g/mol. The number of nitrogens with zero attached hydrogens (tertiary/aromatic N) is 2. The van der Waals surface area contributed by atoms with E-state index >= 15 is 0 Å². The number of likely N-dealkylation sites (N-methyl/N-ethyl adjacent to an activating group) is 1. The molecule has 0 radical (unpaired) electrons. The molecule has 1 heterocycles. The zero-order chi connectivity index (χ0) is 15.0. The van der Waals surface area contributed by atoms with Gasteiger partial charge in [-0.05, 0) is 37.3 Å². The van der Waals surface area contributed by atoms with Gasteiger partial charge in [-0.1, -0.05) is 39.0 Å². The van der Waals surface area contributed by atoms with E-state index in [1.165, 1.54) is 23.0 Å². The van der Waals surface area contributed by atoms with Crippen LogP contribution < -0.4 is 5.32 Å². The first kappa shape index (κ1) is 14.6. The molecule has 1 fully saturated rings. The van der Waals surface area contributed by atoms with E-state index in [9.17, 15) is 0 Å². The molecule has 1 aromatic heterocycles. The van der Waals surface area contributed by atoms with Crippen molar-refractivity contribution >= 4 is 10.9 Å². The van der Waals surface area contributed by atoms with Crippen molar-refractivity contribution in [3.8, 4) is 0 Å². The molecule has 3 rings (SSSR count). The number of aromatic nitrogens is 2. The molecule has 21 heavy (non-hydrogen) atoms. The fourth-order valence-corrected chi connectivity index (χ4v) is 3.61. The minimum Gasteiger partial charge on any atom is -0.314 e. The second-order valence-corrected chi connectivity index (χ2v) is 6.95. The Hall–Kier alpha value is -1.35. The smallest absolute Gasteiger partial charge is 0.0718 e. The summed E-state index contributed by atoms with van der Waals surface area (Å²) in [5, 5.41) is 9.88. The summed E-state index contributed by atoms with van der Waals surface area (Å²) < 4.78 is 2.13. The molecule has 2 unspecified atom stereocenters. The first-order valence-electron chi connectivity index (χ1n) is 8.24. The number of hydrogen-bond acceptors (Lipinski definition) is 2. The number of hydrogen-bond donors (Lipinski definition) is 1. The summed E-state index contributed by atoms with van der Waals surface area (Å²) >= 11 is 0. The number of aryl methyl sites for hydroxylation is 1. The van der Waals surface area contributed by atoms with E-state index in [1.54, 1.807) is 0 Å². The van der Waals surface area contributed by atoms with Crippen molar-refractivity contribution in [2.24, 2.45) is 11.3 Å². The van der Waals surface area contributed by atoms with Crippen LogP contribution in [-0.2, 0) is 13.0 Å². The van der Waals surface area contributed by atoms with Gasteiger partial charge in [-0.25, -0.2) is 0 Å². The topological polar surface area (TPSA) is 29.9 Å². The second-order valence-electron chi connectivity index (χ2n) is 6.95. The van der Waals surface area contributed by atoms with Crippen LogP contribution in [0.25, 0.3) is 10.9 Å². The maximum Gasteiger partial charge on any atom is 0.0718 e. The molecule has 3 heteroatoms. The number of benzene rings is 1. The van der Waals surface area contributed by atoms with E-state index in [-0.39, 0.29) is 0 Å². The monoisotopic (exact) mass is 285 g/mol. The lowest BCUT2D eigenvalue weighted by Gasteiger charge is -2.18. The summed E-state index contributed by atoms with van der Waals surface area (Å²) in [6.07, 6.45) is 2.37. The Labute approximate surface area is 127 Å². The normalized spacial score (nSPS) is 21.6. The maximum absolute atomic E-state index is 4.86. The fraction of sp³-hybridized carbons (Fsp3) is 0.611. The highest BCUT2D eigenvalue weighted by molar-refractivity contribution is 5.82. The Morgan fingerprint density at radius 1 is 1.33 bits per heavy atom.